The number of fused-ring (bicyclic) bond motifs is 1. The average Bonchev–Trinajstić information content (AvgIpc) is 3.46. The second kappa shape index (κ2) is 8.14. The third-order valence-electron chi connectivity index (χ3n) is 5.98. The fourth-order valence-electron chi connectivity index (χ4n) is 4.40. The number of aromatic amines is 1. The molecule has 2 fully saturated rings. The molecule has 2 unspecified atom stereocenters. The molecule has 2 saturated heterocycles. The first-order valence-electron chi connectivity index (χ1n) is 10.4. The molecule has 0 spiro atoms. The first-order valence-corrected chi connectivity index (χ1v) is 14.5. The standard InChI is InChI=1S/C20H26N4O4S3/c25-30(26)9-6-14(12-30)24-31(27,28)19-4-3-18(29-19)15-5-8-22-20-16(15)10-17(23-20)13-2-1-7-21-11-13/h3-5,8,10,13-14,21,24-26H,1-2,6-7,9,11-12H2,(H,22,23). The molecule has 31 heavy (non-hydrogen) atoms. The summed E-state index contributed by atoms with van der Waals surface area (Å²) in [6.07, 6.45) is 4.46. The lowest BCUT2D eigenvalue weighted by Crippen LogP contribution is -2.34. The fourth-order valence-corrected chi connectivity index (χ4v) is 8.86. The molecule has 5 N–H and O–H groups in total. The molecule has 0 saturated carbocycles. The van der Waals surface area contributed by atoms with E-state index in [9.17, 15) is 17.5 Å². The number of thiophene rings is 1. The molecular weight excluding hydrogens is 456 g/mol. The van der Waals surface area contributed by atoms with Gasteiger partial charge in [0, 0.05) is 52.0 Å². The van der Waals surface area contributed by atoms with Gasteiger partial charge in [-0.25, -0.2) is 18.1 Å². The van der Waals surface area contributed by atoms with Crippen LogP contribution in [-0.2, 0) is 10.0 Å². The number of aromatic nitrogens is 2. The number of nitrogens with zero attached hydrogens (tertiary/aromatic N) is 1. The number of hydrogen-bond donors (Lipinski definition) is 5. The first-order chi connectivity index (χ1) is 14.8. The Morgan fingerprint density at radius 1 is 1.23 bits per heavy atom. The van der Waals surface area contributed by atoms with Gasteiger partial charge in [0.1, 0.15) is 9.86 Å². The predicted molar refractivity (Wildman–Crippen MR) is 126 cm³/mol. The zero-order chi connectivity index (χ0) is 21.6. The van der Waals surface area contributed by atoms with E-state index in [4.69, 9.17) is 0 Å². The Kier molecular flexibility index (Phi) is 5.62. The number of nitrogens with one attached hydrogen (secondary N) is 3. The van der Waals surface area contributed by atoms with Crippen LogP contribution < -0.4 is 10.0 Å². The van der Waals surface area contributed by atoms with Crippen LogP contribution in [0, 0.1) is 0 Å². The monoisotopic (exact) mass is 482 g/mol. The van der Waals surface area contributed by atoms with E-state index in [2.05, 4.69) is 26.1 Å². The molecule has 3 aromatic rings. The molecule has 0 bridgehead atoms. The minimum absolute atomic E-state index is 0.0809. The number of rotatable bonds is 5. The summed E-state index contributed by atoms with van der Waals surface area (Å²) < 4.78 is 48.1. The average molecular weight is 483 g/mol. The normalized spacial score (nSPS) is 25.1. The summed E-state index contributed by atoms with van der Waals surface area (Å²) >= 11 is 1.21. The smallest absolute Gasteiger partial charge is 0.250 e. The topological polar surface area (TPSA) is 127 Å². The van der Waals surface area contributed by atoms with Crippen molar-refractivity contribution in [1.29, 1.82) is 0 Å². The summed E-state index contributed by atoms with van der Waals surface area (Å²) in [5, 5.41) is 4.43. The number of hydrogen-bond acceptors (Lipinski definition) is 7. The lowest BCUT2D eigenvalue weighted by atomic mass is 9.96. The van der Waals surface area contributed by atoms with Crippen LogP contribution in [0.2, 0.25) is 0 Å². The quantitative estimate of drug-likeness (QED) is 0.378. The van der Waals surface area contributed by atoms with Crippen molar-refractivity contribution in [3.05, 3.63) is 36.2 Å². The summed E-state index contributed by atoms with van der Waals surface area (Å²) in [4.78, 5) is 8.78. The number of sulfonamides is 1. The minimum Gasteiger partial charge on any atom is -0.343 e. The highest BCUT2D eigenvalue weighted by Crippen LogP contribution is 2.46. The largest absolute Gasteiger partial charge is 0.343 e. The number of H-pyrrole nitrogens is 1. The van der Waals surface area contributed by atoms with Gasteiger partial charge in [0.05, 0.1) is 5.75 Å². The lowest BCUT2D eigenvalue weighted by molar-refractivity contribution is 0.456. The molecule has 11 heteroatoms. The van der Waals surface area contributed by atoms with E-state index in [-0.39, 0.29) is 15.7 Å². The van der Waals surface area contributed by atoms with Crippen molar-refractivity contribution in [3.8, 4) is 10.4 Å². The van der Waals surface area contributed by atoms with Crippen molar-refractivity contribution < 1.29 is 17.5 Å². The van der Waals surface area contributed by atoms with E-state index in [0.717, 1.165) is 53.1 Å². The van der Waals surface area contributed by atoms with Crippen molar-refractivity contribution >= 4 is 43.0 Å². The highest BCUT2D eigenvalue weighted by atomic mass is 32.3. The molecule has 0 aromatic carbocycles. The van der Waals surface area contributed by atoms with E-state index >= 15 is 0 Å². The summed E-state index contributed by atoms with van der Waals surface area (Å²) in [5.41, 5.74) is 2.93. The molecule has 0 amide bonds. The Balaban J connectivity index is 1.42. The molecule has 2 aliphatic heterocycles. The highest BCUT2D eigenvalue weighted by molar-refractivity contribution is 8.24. The van der Waals surface area contributed by atoms with Crippen LogP contribution in [0.5, 0.6) is 0 Å². The summed E-state index contributed by atoms with van der Waals surface area (Å²) in [7, 11) is -6.38. The maximum absolute atomic E-state index is 12.8. The van der Waals surface area contributed by atoms with Gasteiger partial charge in [0.25, 0.3) is 0 Å². The van der Waals surface area contributed by atoms with Gasteiger partial charge in [-0.15, -0.1) is 11.3 Å². The van der Waals surface area contributed by atoms with E-state index in [1.54, 1.807) is 12.3 Å². The molecule has 3 aromatic heterocycles. The van der Waals surface area contributed by atoms with E-state index in [0.29, 0.717) is 12.3 Å². The van der Waals surface area contributed by atoms with Gasteiger partial charge in [-0.3, -0.25) is 9.11 Å². The summed E-state index contributed by atoms with van der Waals surface area (Å²) in [5.74, 6) is 0.757. The van der Waals surface area contributed by atoms with Gasteiger partial charge in [0.15, 0.2) is 0 Å². The number of piperidine rings is 1. The van der Waals surface area contributed by atoms with Crippen molar-refractivity contribution in [2.24, 2.45) is 0 Å². The fraction of sp³-hybridized carbons (Fsp3) is 0.450. The second-order valence-electron chi connectivity index (χ2n) is 8.29. The Morgan fingerprint density at radius 3 is 2.84 bits per heavy atom. The lowest BCUT2D eigenvalue weighted by Gasteiger charge is -2.25. The van der Waals surface area contributed by atoms with Crippen molar-refractivity contribution in [2.45, 2.75) is 35.4 Å². The Hall–Kier alpha value is -1.47. The van der Waals surface area contributed by atoms with E-state index < -0.39 is 26.7 Å². The zero-order valence-corrected chi connectivity index (χ0v) is 19.3. The Labute approximate surface area is 186 Å². The van der Waals surface area contributed by atoms with Gasteiger partial charge in [-0.05, 0) is 50.1 Å². The third-order valence-corrected chi connectivity index (χ3v) is 10.9. The molecule has 5 heterocycles. The molecule has 2 atom stereocenters. The van der Waals surface area contributed by atoms with Crippen LogP contribution in [-0.4, -0.2) is 58.1 Å². The van der Waals surface area contributed by atoms with E-state index in [1.807, 2.05) is 12.1 Å². The van der Waals surface area contributed by atoms with Crippen LogP contribution in [0.4, 0.5) is 0 Å². The summed E-state index contributed by atoms with van der Waals surface area (Å²) in [6, 6.07) is 7.06. The van der Waals surface area contributed by atoms with Crippen molar-refractivity contribution in [3.63, 3.8) is 0 Å². The second-order valence-corrected chi connectivity index (χ2v) is 13.7. The van der Waals surface area contributed by atoms with Gasteiger partial charge in [0.2, 0.25) is 10.0 Å². The third kappa shape index (κ3) is 4.40. The Bertz CT molecular complexity index is 1200. The highest BCUT2D eigenvalue weighted by Gasteiger charge is 2.32. The van der Waals surface area contributed by atoms with Crippen LogP contribution in [0.1, 0.15) is 30.9 Å². The molecule has 8 nitrogen and oxygen atoms in total. The molecule has 168 valence electrons. The molecule has 2 aliphatic rings. The minimum atomic E-state index is -3.72. The van der Waals surface area contributed by atoms with Crippen LogP contribution in [0.25, 0.3) is 21.5 Å². The molecule has 5 rings (SSSR count). The molecular formula is C20H26N4O4S3. The van der Waals surface area contributed by atoms with E-state index in [1.165, 1.54) is 11.3 Å². The van der Waals surface area contributed by atoms with Crippen LogP contribution in [0.15, 0.2) is 34.7 Å². The van der Waals surface area contributed by atoms with Crippen molar-refractivity contribution in [2.75, 3.05) is 24.6 Å². The maximum atomic E-state index is 12.8. The first kappa shape index (κ1) is 21.4. The molecule has 0 radical (unpaired) electrons. The van der Waals surface area contributed by atoms with Gasteiger partial charge in [-0.2, -0.15) is 10.6 Å². The van der Waals surface area contributed by atoms with Crippen LogP contribution >= 0.6 is 21.9 Å². The SMILES string of the molecule is O=S(=O)(NC1CCS(O)(O)C1)c1ccc(-c2ccnc3[nH]c(C4CCCNC4)cc23)s1. The molecule has 0 aliphatic carbocycles. The maximum Gasteiger partial charge on any atom is 0.250 e. The van der Waals surface area contributed by atoms with Gasteiger partial charge in [-0.1, -0.05) is 0 Å². The van der Waals surface area contributed by atoms with Crippen molar-refractivity contribution in [1.82, 2.24) is 20.0 Å². The zero-order valence-electron chi connectivity index (χ0n) is 16.9. The number of pyridine rings is 1. The predicted octanol–water partition coefficient (Wildman–Crippen LogP) is 3.56. The van der Waals surface area contributed by atoms with Gasteiger partial charge >= 0.3 is 0 Å². The van der Waals surface area contributed by atoms with Crippen LogP contribution in [0.3, 0.4) is 0 Å². The Morgan fingerprint density at radius 2 is 2.10 bits per heavy atom. The summed E-state index contributed by atoms with van der Waals surface area (Å²) in [6.45, 7) is 2.00. The van der Waals surface area contributed by atoms with Gasteiger partial charge < -0.3 is 10.3 Å².